The highest BCUT2D eigenvalue weighted by atomic mass is 31.1. The van der Waals surface area contributed by atoms with Gasteiger partial charge in [-0.1, -0.05) is 49.0 Å². The van der Waals surface area contributed by atoms with Crippen LogP contribution in [0.3, 0.4) is 0 Å². The largest absolute Gasteiger partial charge is 0.460 e. The first kappa shape index (κ1) is 21.0. The van der Waals surface area contributed by atoms with E-state index in [4.69, 9.17) is 9.47 Å². The Hall–Kier alpha value is -2.29. The minimum Gasteiger partial charge on any atom is -0.460 e. The van der Waals surface area contributed by atoms with Crippen molar-refractivity contribution in [3.63, 3.8) is 0 Å². The van der Waals surface area contributed by atoms with Crippen molar-refractivity contribution in [1.82, 2.24) is 0 Å². The van der Waals surface area contributed by atoms with E-state index in [-0.39, 0.29) is 12.1 Å². The standard InChI is InChI=1S/C22H25O4P/c1-5-20(23)26-12-11-25-15-18-13-16(2)21(17(3)14-18)22(24)27(4)19-9-7-6-8-10-19/h5-10,13-14H,1,11-12,15H2,2-4H3. The molecule has 0 spiro atoms. The van der Waals surface area contributed by atoms with Crippen molar-refractivity contribution in [2.24, 2.45) is 0 Å². The fraction of sp³-hybridized carbons (Fsp3) is 0.273. The van der Waals surface area contributed by atoms with Gasteiger partial charge in [0.05, 0.1) is 13.2 Å². The predicted molar refractivity (Wildman–Crippen MR) is 110 cm³/mol. The second kappa shape index (κ2) is 10.1. The Bertz CT molecular complexity index is 791. The van der Waals surface area contributed by atoms with Crippen LogP contribution in [0.2, 0.25) is 0 Å². The highest BCUT2D eigenvalue weighted by Gasteiger charge is 2.20. The van der Waals surface area contributed by atoms with E-state index in [0.29, 0.717) is 13.2 Å². The number of benzene rings is 2. The van der Waals surface area contributed by atoms with Crippen LogP contribution in [0.5, 0.6) is 0 Å². The fourth-order valence-electron chi connectivity index (χ4n) is 2.86. The van der Waals surface area contributed by atoms with Crippen molar-refractivity contribution in [2.75, 3.05) is 19.9 Å². The van der Waals surface area contributed by atoms with Gasteiger partial charge in [-0.15, -0.1) is 0 Å². The summed E-state index contributed by atoms with van der Waals surface area (Å²) < 4.78 is 10.4. The van der Waals surface area contributed by atoms with Crippen LogP contribution in [0.1, 0.15) is 27.0 Å². The Morgan fingerprint density at radius 2 is 1.70 bits per heavy atom. The van der Waals surface area contributed by atoms with Gasteiger partial charge in [0.2, 0.25) is 0 Å². The molecule has 0 aromatic heterocycles. The van der Waals surface area contributed by atoms with Gasteiger partial charge in [-0.3, -0.25) is 4.79 Å². The fourth-order valence-corrected chi connectivity index (χ4v) is 4.40. The number of ether oxygens (including phenoxy) is 2. The molecular weight excluding hydrogens is 359 g/mol. The van der Waals surface area contributed by atoms with Crippen molar-refractivity contribution < 1.29 is 19.1 Å². The predicted octanol–water partition coefficient (Wildman–Crippen LogP) is 4.13. The minimum atomic E-state index is -0.906. The molecule has 5 heteroatoms. The van der Waals surface area contributed by atoms with Crippen LogP contribution in [0.4, 0.5) is 0 Å². The summed E-state index contributed by atoms with van der Waals surface area (Å²) in [5.41, 5.74) is 3.91. The van der Waals surface area contributed by atoms with Crippen LogP contribution in [-0.2, 0) is 20.9 Å². The molecule has 0 aliphatic heterocycles. The quantitative estimate of drug-likeness (QED) is 0.282. The van der Waals surface area contributed by atoms with E-state index in [2.05, 4.69) is 6.58 Å². The van der Waals surface area contributed by atoms with E-state index in [9.17, 15) is 9.59 Å². The first-order chi connectivity index (χ1) is 12.9. The molecule has 27 heavy (non-hydrogen) atoms. The molecule has 2 aromatic rings. The second-order valence-electron chi connectivity index (χ2n) is 6.23. The molecule has 2 aromatic carbocycles. The maximum Gasteiger partial charge on any atom is 0.330 e. The Kier molecular flexibility index (Phi) is 7.90. The molecule has 0 radical (unpaired) electrons. The molecule has 142 valence electrons. The van der Waals surface area contributed by atoms with Crippen molar-refractivity contribution >= 4 is 24.7 Å². The summed E-state index contributed by atoms with van der Waals surface area (Å²) in [6, 6.07) is 13.9. The first-order valence-corrected chi connectivity index (χ1v) is 10.5. The van der Waals surface area contributed by atoms with Crippen LogP contribution >= 0.6 is 7.92 Å². The van der Waals surface area contributed by atoms with Crippen LogP contribution in [0, 0.1) is 13.8 Å². The second-order valence-corrected chi connectivity index (χ2v) is 8.27. The number of hydrogen-bond acceptors (Lipinski definition) is 4. The van der Waals surface area contributed by atoms with Crippen LogP contribution in [0.25, 0.3) is 0 Å². The molecule has 0 saturated carbocycles. The average molecular weight is 384 g/mol. The Morgan fingerprint density at radius 3 is 2.30 bits per heavy atom. The molecule has 0 N–H and O–H groups in total. The normalized spacial score (nSPS) is 11.7. The Balaban J connectivity index is 2.02. The topological polar surface area (TPSA) is 52.6 Å². The molecule has 0 saturated heterocycles. The van der Waals surface area contributed by atoms with E-state index in [1.807, 2.05) is 63.0 Å². The highest BCUT2D eigenvalue weighted by Crippen LogP contribution is 2.36. The number of carbonyl (C=O) groups is 2. The van der Waals surface area contributed by atoms with Gasteiger partial charge in [0, 0.05) is 11.6 Å². The lowest BCUT2D eigenvalue weighted by atomic mass is 10.0. The van der Waals surface area contributed by atoms with Crippen molar-refractivity contribution in [3.8, 4) is 0 Å². The number of hydrogen-bond donors (Lipinski definition) is 0. The number of aryl methyl sites for hydroxylation is 2. The zero-order valence-corrected chi connectivity index (χ0v) is 16.9. The first-order valence-electron chi connectivity index (χ1n) is 8.74. The van der Waals surface area contributed by atoms with Gasteiger partial charge < -0.3 is 9.47 Å². The highest BCUT2D eigenvalue weighted by molar-refractivity contribution is 7.81. The van der Waals surface area contributed by atoms with Gasteiger partial charge in [-0.05, 0) is 50.4 Å². The van der Waals surface area contributed by atoms with Gasteiger partial charge in [0.25, 0.3) is 0 Å². The molecule has 0 fully saturated rings. The molecule has 0 aliphatic carbocycles. The smallest absolute Gasteiger partial charge is 0.330 e. The van der Waals surface area contributed by atoms with E-state index in [1.54, 1.807) is 0 Å². The minimum absolute atomic E-state index is 0.190. The SMILES string of the molecule is C=CC(=O)OCCOCc1cc(C)c(C(=O)P(C)c2ccccc2)c(C)c1. The van der Waals surface area contributed by atoms with Gasteiger partial charge in [-0.25, -0.2) is 4.79 Å². The van der Waals surface area contributed by atoms with Crippen molar-refractivity contribution in [2.45, 2.75) is 20.5 Å². The molecule has 0 bridgehead atoms. The molecular formula is C22H25O4P. The van der Waals surface area contributed by atoms with Gasteiger partial charge in [0.15, 0.2) is 5.52 Å². The lowest BCUT2D eigenvalue weighted by Gasteiger charge is -2.16. The van der Waals surface area contributed by atoms with Crippen LogP contribution < -0.4 is 5.30 Å². The van der Waals surface area contributed by atoms with Gasteiger partial charge in [0.1, 0.15) is 6.61 Å². The summed E-state index contributed by atoms with van der Waals surface area (Å²) in [4.78, 5) is 24.0. The van der Waals surface area contributed by atoms with Gasteiger partial charge in [-0.2, -0.15) is 0 Å². The summed E-state index contributed by atoms with van der Waals surface area (Å²) in [7, 11) is -0.906. The lowest BCUT2D eigenvalue weighted by Crippen LogP contribution is -2.11. The third-order valence-corrected chi connectivity index (χ3v) is 6.07. The van der Waals surface area contributed by atoms with E-state index in [0.717, 1.165) is 33.6 Å². The summed E-state index contributed by atoms with van der Waals surface area (Å²) in [6.45, 7) is 10.2. The van der Waals surface area contributed by atoms with Crippen LogP contribution in [0.15, 0.2) is 55.1 Å². The molecule has 2 rings (SSSR count). The van der Waals surface area contributed by atoms with Crippen molar-refractivity contribution in [3.05, 3.63) is 77.4 Å². The Morgan fingerprint density at radius 1 is 1.07 bits per heavy atom. The van der Waals surface area contributed by atoms with E-state index in [1.165, 1.54) is 0 Å². The molecule has 0 aliphatic rings. The zero-order chi connectivity index (χ0) is 19.8. The summed E-state index contributed by atoms with van der Waals surface area (Å²) in [5, 5.41) is 1.08. The molecule has 1 atom stereocenters. The summed E-state index contributed by atoms with van der Waals surface area (Å²) in [6.07, 6.45) is 1.13. The van der Waals surface area contributed by atoms with Crippen molar-refractivity contribution in [1.29, 1.82) is 0 Å². The average Bonchev–Trinajstić information content (AvgIpc) is 2.67. The summed E-state index contributed by atoms with van der Waals surface area (Å²) in [5.74, 6) is -0.456. The number of rotatable bonds is 9. The number of carbonyl (C=O) groups excluding carboxylic acids is 2. The monoisotopic (exact) mass is 384 g/mol. The van der Waals surface area contributed by atoms with E-state index < -0.39 is 13.9 Å². The molecule has 0 heterocycles. The molecule has 1 unspecified atom stereocenters. The number of esters is 1. The maximum atomic E-state index is 13.0. The molecule has 4 nitrogen and oxygen atoms in total. The Labute approximate surface area is 161 Å². The zero-order valence-electron chi connectivity index (χ0n) is 16.0. The lowest BCUT2D eigenvalue weighted by molar-refractivity contribution is -0.139. The van der Waals surface area contributed by atoms with Crippen LogP contribution in [-0.4, -0.2) is 31.4 Å². The molecule has 0 amide bonds. The van der Waals surface area contributed by atoms with E-state index >= 15 is 0 Å². The third-order valence-electron chi connectivity index (χ3n) is 4.16. The van der Waals surface area contributed by atoms with Gasteiger partial charge >= 0.3 is 5.97 Å². The maximum absolute atomic E-state index is 13.0. The third kappa shape index (κ3) is 5.85. The summed E-state index contributed by atoms with van der Waals surface area (Å²) >= 11 is 0.